The molecule has 0 radical (unpaired) electrons. The Hall–Kier alpha value is -1.53. The smallest absolute Gasteiger partial charge is 0.188 e. The van der Waals surface area contributed by atoms with Crippen LogP contribution in [-0.4, -0.2) is 0 Å². The molecule has 2 rings (SSSR count). The maximum absolute atomic E-state index is 5.62. The summed E-state index contributed by atoms with van der Waals surface area (Å²) < 4.78 is 0. The van der Waals surface area contributed by atoms with Gasteiger partial charge in [0, 0.05) is 11.8 Å². The summed E-state index contributed by atoms with van der Waals surface area (Å²) >= 11 is 0. The SMILES string of the molecule is Nc1ccc2c(c1)CN[C+]=C2. The summed E-state index contributed by atoms with van der Waals surface area (Å²) in [5, 5.41) is 3.01. The third-order valence-corrected chi connectivity index (χ3v) is 1.78. The van der Waals surface area contributed by atoms with Crippen molar-refractivity contribution in [2.45, 2.75) is 6.54 Å². The van der Waals surface area contributed by atoms with Crippen LogP contribution in [0.3, 0.4) is 0 Å². The molecule has 0 bridgehead atoms. The molecule has 2 nitrogen and oxygen atoms in total. The van der Waals surface area contributed by atoms with E-state index in [1.54, 1.807) is 0 Å². The van der Waals surface area contributed by atoms with Crippen molar-refractivity contribution in [2.75, 3.05) is 5.73 Å². The predicted molar refractivity (Wildman–Crippen MR) is 45.4 cm³/mol. The first-order valence-corrected chi connectivity index (χ1v) is 3.56. The van der Waals surface area contributed by atoms with Gasteiger partial charge >= 0.3 is 0 Å². The predicted octanol–water partition coefficient (Wildman–Crippen LogP) is 1.15. The molecule has 1 aliphatic heterocycles. The Morgan fingerprint density at radius 2 is 2.36 bits per heavy atom. The first-order valence-electron chi connectivity index (χ1n) is 3.56. The van der Waals surface area contributed by atoms with Gasteiger partial charge in [-0.1, -0.05) is 0 Å². The van der Waals surface area contributed by atoms with Crippen molar-refractivity contribution in [1.82, 2.24) is 5.32 Å². The normalized spacial score (nSPS) is 13.1. The van der Waals surface area contributed by atoms with Crippen molar-refractivity contribution in [2.24, 2.45) is 0 Å². The highest BCUT2D eigenvalue weighted by atomic mass is 14.8. The van der Waals surface area contributed by atoms with E-state index in [9.17, 15) is 0 Å². The Kier molecular flexibility index (Phi) is 1.27. The van der Waals surface area contributed by atoms with Crippen molar-refractivity contribution in [1.29, 1.82) is 0 Å². The second kappa shape index (κ2) is 2.26. The van der Waals surface area contributed by atoms with E-state index >= 15 is 0 Å². The maximum Gasteiger partial charge on any atom is 0.188 e. The summed E-state index contributed by atoms with van der Waals surface area (Å²) in [5.41, 5.74) is 8.89. The van der Waals surface area contributed by atoms with E-state index in [4.69, 9.17) is 5.73 Å². The highest BCUT2D eigenvalue weighted by Crippen LogP contribution is 2.16. The summed E-state index contributed by atoms with van der Waals surface area (Å²) in [6.45, 7) is 0.830. The number of nitrogen functional groups attached to an aromatic ring is 1. The molecular formula is C9H9N2+. The minimum Gasteiger partial charge on any atom is -0.399 e. The van der Waals surface area contributed by atoms with Gasteiger partial charge < -0.3 is 5.73 Å². The highest BCUT2D eigenvalue weighted by molar-refractivity contribution is 5.58. The zero-order valence-corrected chi connectivity index (χ0v) is 6.09. The van der Waals surface area contributed by atoms with Crippen LogP contribution >= 0.6 is 0 Å². The molecule has 54 valence electrons. The van der Waals surface area contributed by atoms with E-state index < -0.39 is 0 Å². The molecule has 0 aromatic heterocycles. The van der Waals surface area contributed by atoms with Crippen LogP contribution in [0.2, 0.25) is 0 Å². The lowest BCUT2D eigenvalue weighted by atomic mass is 10.0. The fourth-order valence-electron chi connectivity index (χ4n) is 1.19. The zero-order chi connectivity index (χ0) is 7.68. The topological polar surface area (TPSA) is 38.0 Å². The Morgan fingerprint density at radius 1 is 1.45 bits per heavy atom. The Morgan fingerprint density at radius 3 is 3.27 bits per heavy atom. The number of hydrogen-bond donors (Lipinski definition) is 2. The Balaban J connectivity index is 2.53. The average Bonchev–Trinajstić information content (AvgIpc) is 2.04. The van der Waals surface area contributed by atoms with Gasteiger partial charge in [0.05, 0.1) is 12.1 Å². The molecule has 0 amide bonds. The lowest BCUT2D eigenvalue weighted by molar-refractivity contribution is 0.837. The lowest BCUT2D eigenvalue weighted by Crippen LogP contribution is -2.10. The van der Waals surface area contributed by atoms with Gasteiger partial charge in [0.2, 0.25) is 0 Å². The minimum atomic E-state index is 0.820. The molecule has 2 heteroatoms. The van der Waals surface area contributed by atoms with Gasteiger partial charge in [0.15, 0.2) is 12.3 Å². The van der Waals surface area contributed by atoms with E-state index in [1.165, 1.54) is 11.1 Å². The third kappa shape index (κ3) is 1.04. The number of anilines is 1. The third-order valence-electron chi connectivity index (χ3n) is 1.78. The van der Waals surface area contributed by atoms with Gasteiger partial charge in [-0.25, -0.2) is 0 Å². The van der Waals surface area contributed by atoms with Gasteiger partial charge in [0.1, 0.15) is 5.56 Å². The van der Waals surface area contributed by atoms with E-state index in [2.05, 4.69) is 11.5 Å². The summed E-state index contributed by atoms with van der Waals surface area (Å²) in [6, 6.07) is 5.90. The van der Waals surface area contributed by atoms with E-state index in [0.29, 0.717) is 0 Å². The van der Waals surface area contributed by atoms with Gasteiger partial charge in [-0.2, -0.15) is 0 Å². The molecular weight excluding hydrogens is 136 g/mol. The van der Waals surface area contributed by atoms with Gasteiger partial charge in [-0.05, 0) is 12.1 Å². The van der Waals surface area contributed by atoms with Crippen LogP contribution in [0.5, 0.6) is 0 Å². The minimum absolute atomic E-state index is 0.820. The monoisotopic (exact) mass is 145 g/mol. The van der Waals surface area contributed by atoms with E-state index in [0.717, 1.165) is 12.2 Å². The standard InChI is InChI=1S/C9H9N2/c10-9-2-1-7-3-4-11-6-8(7)5-9/h1-3,5,11H,6,10H2/q+1. The molecule has 0 spiro atoms. The molecule has 1 aromatic rings. The van der Waals surface area contributed by atoms with Crippen molar-refractivity contribution >= 4 is 11.8 Å². The molecule has 11 heavy (non-hydrogen) atoms. The van der Waals surface area contributed by atoms with Gasteiger partial charge in [-0.3, -0.25) is 5.32 Å². The van der Waals surface area contributed by atoms with Crippen LogP contribution in [0.15, 0.2) is 18.2 Å². The van der Waals surface area contributed by atoms with Crippen molar-refractivity contribution < 1.29 is 0 Å². The lowest BCUT2D eigenvalue weighted by Gasteiger charge is -2.02. The molecule has 1 aliphatic rings. The molecule has 1 aromatic carbocycles. The average molecular weight is 145 g/mol. The van der Waals surface area contributed by atoms with Gasteiger partial charge in [-0.15, -0.1) is 0 Å². The number of nitrogens with two attached hydrogens (primary N) is 1. The number of rotatable bonds is 0. The summed E-state index contributed by atoms with van der Waals surface area (Å²) in [4.78, 5) is 0. The second-order valence-electron chi connectivity index (χ2n) is 2.60. The number of hydrogen-bond acceptors (Lipinski definition) is 2. The molecule has 0 saturated heterocycles. The number of benzene rings is 1. The second-order valence-corrected chi connectivity index (χ2v) is 2.60. The molecule has 0 aliphatic carbocycles. The van der Waals surface area contributed by atoms with Crippen molar-refractivity contribution in [3.8, 4) is 0 Å². The molecule has 0 saturated carbocycles. The molecule has 0 fully saturated rings. The maximum atomic E-state index is 5.62. The van der Waals surface area contributed by atoms with E-state index in [1.807, 2.05) is 24.3 Å². The fourth-order valence-corrected chi connectivity index (χ4v) is 1.19. The summed E-state index contributed by atoms with van der Waals surface area (Å²) in [7, 11) is 0. The quantitative estimate of drug-likeness (QED) is 0.424. The number of fused-ring (bicyclic) bond motifs is 1. The fraction of sp³-hybridized carbons (Fsp3) is 0.111. The molecule has 3 N–H and O–H groups in total. The van der Waals surface area contributed by atoms with Crippen LogP contribution in [0.1, 0.15) is 11.1 Å². The number of nitrogens with one attached hydrogen (secondary N) is 1. The zero-order valence-electron chi connectivity index (χ0n) is 6.09. The molecule has 1 heterocycles. The summed E-state index contributed by atoms with van der Waals surface area (Å²) in [5.74, 6) is 0. The van der Waals surface area contributed by atoms with Crippen LogP contribution in [0.25, 0.3) is 6.08 Å². The van der Waals surface area contributed by atoms with Gasteiger partial charge in [0.25, 0.3) is 0 Å². The van der Waals surface area contributed by atoms with Crippen LogP contribution in [0.4, 0.5) is 5.69 Å². The first kappa shape index (κ1) is 6.20. The van der Waals surface area contributed by atoms with Crippen LogP contribution in [-0.2, 0) is 6.54 Å². The highest BCUT2D eigenvalue weighted by Gasteiger charge is 2.12. The van der Waals surface area contributed by atoms with Crippen molar-refractivity contribution in [3.63, 3.8) is 0 Å². The summed E-state index contributed by atoms with van der Waals surface area (Å²) in [6.07, 6.45) is 4.87. The van der Waals surface area contributed by atoms with Crippen molar-refractivity contribution in [3.05, 3.63) is 35.5 Å². The Bertz CT molecular complexity index is 302. The first-order chi connectivity index (χ1) is 5.36. The van der Waals surface area contributed by atoms with E-state index in [-0.39, 0.29) is 0 Å². The largest absolute Gasteiger partial charge is 0.399 e. The Labute approximate surface area is 65.7 Å². The van der Waals surface area contributed by atoms with Crippen LogP contribution < -0.4 is 11.1 Å². The molecule has 0 atom stereocenters. The molecule has 0 unspecified atom stereocenters. The van der Waals surface area contributed by atoms with Crippen LogP contribution in [0, 0.1) is 6.20 Å².